The van der Waals surface area contributed by atoms with E-state index in [2.05, 4.69) is 36.5 Å². The topological polar surface area (TPSA) is 129 Å². The molecule has 0 unspecified atom stereocenters. The number of piperidine rings is 1. The number of carbonyl (C=O) groups excluding carboxylic acids is 2. The number of nitrogens with one attached hydrogen (secondary N) is 2. The molecule has 0 atom stereocenters. The SMILES string of the molecule is COc1ccc(C(=O)/C=C/C(=O)N2CCN(C3CCN(c4ccc(Nc5ncc(Cl)c(Nc6ccccc6P(C)(C)=O)n5)c(OC)c4)CC3)CC2)cc1. The summed E-state index contributed by atoms with van der Waals surface area (Å²) in [5.74, 6) is 1.71. The maximum absolute atomic E-state index is 12.9. The Morgan fingerprint density at radius 2 is 1.58 bits per heavy atom. The largest absolute Gasteiger partial charge is 0.497 e. The summed E-state index contributed by atoms with van der Waals surface area (Å²) in [6.45, 7) is 8.13. The minimum absolute atomic E-state index is 0.139. The number of ether oxygens (including phenoxy) is 2. The van der Waals surface area contributed by atoms with Crippen LogP contribution in [-0.2, 0) is 9.36 Å². The minimum Gasteiger partial charge on any atom is -0.497 e. The fourth-order valence-corrected chi connectivity index (χ4v) is 7.99. The van der Waals surface area contributed by atoms with E-state index in [4.69, 9.17) is 21.1 Å². The van der Waals surface area contributed by atoms with Gasteiger partial charge in [-0.1, -0.05) is 23.7 Å². The summed E-state index contributed by atoms with van der Waals surface area (Å²) in [6, 6.07) is 20.7. The number of amides is 1. The fourth-order valence-electron chi connectivity index (χ4n) is 6.69. The summed E-state index contributed by atoms with van der Waals surface area (Å²) < 4.78 is 23.8. The van der Waals surface area contributed by atoms with Gasteiger partial charge in [-0.05, 0) is 80.8 Å². The van der Waals surface area contributed by atoms with Crippen molar-refractivity contribution in [3.8, 4) is 11.5 Å². The molecular formula is C39H45ClN7O5P. The van der Waals surface area contributed by atoms with Gasteiger partial charge in [0.2, 0.25) is 11.9 Å². The Morgan fingerprint density at radius 3 is 2.26 bits per heavy atom. The first-order valence-electron chi connectivity index (χ1n) is 17.6. The molecule has 1 aromatic heterocycles. The van der Waals surface area contributed by atoms with E-state index in [1.165, 1.54) is 18.3 Å². The van der Waals surface area contributed by atoms with Crippen molar-refractivity contribution in [2.45, 2.75) is 18.9 Å². The molecule has 2 N–H and O–H groups in total. The highest BCUT2D eigenvalue weighted by molar-refractivity contribution is 7.70. The number of carbonyl (C=O) groups is 2. The van der Waals surface area contributed by atoms with Crippen LogP contribution in [0.3, 0.4) is 0 Å². The lowest BCUT2D eigenvalue weighted by Gasteiger charge is -2.43. The lowest BCUT2D eigenvalue weighted by atomic mass is 10.0. The van der Waals surface area contributed by atoms with Crippen LogP contribution in [0.2, 0.25) is 5.02 Å². The number of ketones is 1. The predicted molar refractivity (Wildman–Crippen MR) is 212 cm³/mol. The van der Waals surface area contributed by atoms with Gasteiger partial charge in [-0.25, -0.2) is 4.98 Å². The number of rotatable bonds is 12. The van der Waals surface area contributed by atoms with Gasteiger partial charge in [0.1, 0.15) is 23.7 Å². The van der Waals surface area contributed by atoms with Crippen LogP contribution in [-0.4, -0.2) is 104 Å². The molecule has 0 saturated carbocycles. The van der Waals surface area contributed by atoms with Crippen molar-refractivity contribution in [1.82, 2.24) is 19.8 Å². The smallest absolute Gasteiger partial charge is 0.246 e. The number of para-hydroxylation sites is 1. The number of hydrogen-bond acceptors (Lipinski definition) is 11. The quantitative estimate of drug-likeness (QED) is 0.0942. The Hall–Kier alpha value is -4.90. The first-order valence-corrected chi connectivity index (χ1v) is 20.5. The van der Waals surface area contributed by atoms with Gasteiger partial charge < -0.3 is 34.5 Å². The Labute approximate surface area is 315 Å². The first-order chi connectivity index (χ1) is 25.5. The average Bonchev–Trinajstić information content (AvgIpc) is 3.18. The van der Waals surface area contributed by atoms with Gasteiger partial charge in [-0.2, -0.15) is 4.98 Å². The number of piperazine rings is 1. The molecule has 3 aromatic carbocycles. The van der Waals surface area contributed by atoms with E-state index >= 15 is 0 Å². The molecule has 14 heteroatoms. The molecule has 53 heavy (non-hydrogen) atoms. The number of allylic oxidation sites excluding steroid dienone is 1. The minimum atomic E-state index is -2.55. The molecule has 0 aliphatic carbocycles. The molecule has 0 bridgehead atoms. The van der Waals surface area contributed by atoms with Crippen LogP contribution >= 0.6 is 18.7 Å². The lowest BCUT2D eigenvalue weighted by molar-refractivity contribution is -0.128. The van der Waals surface area contributed by atoms with E-state index in [1.54, 1.807) is 51.8 Å². The number of benzene rings is 3. The number of nitrogens with zero attached hydrogens (tertiary/aromatic N) is 5. The zero-order chi connectivity index (χ0) is 37.5. The van der Waals surface area contributed by atoms with Gasteiger partial charge in [-0.3, -0.25) is 14.5 Å². The molecule has 6 rings (SSSR count). The Morgan fingerprint density at radius 1 is 0.868 bits per heavy atom. The van der Waals surface area contributed by atoms with E-state index < -0.39 is 7.14 Å². The standard InChI is InChI=1S/C39H45ClN7O5P/c1-51-30-12-9-27(10-13-30)34(48)15-16-37(49)47-23-21-46(22-24-47)28-17-19-45(20-18-28)29-11-14-32(35(25-29)52-2)43-39-41-26-31(40)38(44-39)42-33-7-5-6-8-36(33)53(3,4)50/h5-16,25-26,28H,17-24H2,1-4H3,(H2,41,42,43,44)/b16-15+. The third-order valence-electron chi connectivity index (χ3n) is 9.64. The van der Waals surface area contributed by atoms with Crippen molar-refractivity contribution in [3.63, 3.8) is 0 Å². The zero-order valence-corrected chi connectivity index (χ0v) is 32.1. The average molecular weight is 758 g/mol. The summed E-state index contributed by atoms with van der Waals surface area (Å²) >= 11 is 6.46. The molecule has 2 saturated heterocycles. The van der Waals surface area contributed by atoms with Crippen molar-refractivity contribution >= 4 is 64.6 Å². The Bertz CT molecular complexity index is 2010. The molecular weight excluding hydrogens is 713 g/mol. The molecule has 2 fully saturated rings. The van der Waals surface area contributed by atoms with Gasteiger partial charge in [0.15, 0.2) is 11.6 Å². The fraction of sp³-hybridized carbons (Fsp3) is 0.333. The van der Waals surface area contributed by atoms with Gasteiger partial charge in [0, 0.05) is 74.0 Å². The molecule has 1 amide bonds. The number of methoxy groups -OCH3 is 2. The lowest BCUT2D eigenvalue weighted by Crippen LogP contribution is -2.54. The van der Waals surface area contributed by atoms with Gasteiger partial charge in [0.05, 0.1) is 31.8 Å². The van der Waals surface area contributed by atoms with Crippen LogP contribution in [0.4, 0.5) is 28.8 Å². The van der Waals surface area contributed by atoms with Crippen molar-refractivity contribution in [2.75, 3.05) is 82.4 Å². The van der Waals surface area contributed by atoms with Gasteiger partial charge in [0.25, 0.3) is 0 Å². The van der Waals surface area contributed by atoms with E-state index in [0.717, 1.165) is 44.7 Å². The highest BCUT2D eigenvalue weighted by Gasteiger charge is 2.29. The second-order valence-electron chi connectivity index (χ2n) is 13.4. The van der Waals surface area contributed by atoms with Crippen molar-refractivity contribution < 1.29 is 23.6 Å². The van der Waals surface area contributed by atoms with E-state index in [0.29, 0.717) is 69.7 Å². The van der Waals surface area contributed by atoms with Gasteiger partial charge in [-0.15, -0.1) is 0 Å². The number of hydrogen-bond donors (Lipinski definition) is 2. The van der Waals surface area contributed by atoms with Crippen LogP contribution in [0.5, 0.6) is 11.5 Å². The van der Waals surface area contributed by atoms with E-state index in [9.17, 15) is 14.2 Å². The van der Waals surface area contributed by atoms with Crippen LogP contribution in [0, 0.1) is 0 Å². The summed E-state index contributed by atoms with van der Waals surface area (Å²) in [5, 5.41) is 7.54. The van der Waals surface area contributed by atoms with Gasteiger partial charge >= 0.3 is 0 Å². The van der Waals surface area contributed by atoms with Crippen LogP contribution < -0.4 is 30.3 Å². The third-order valence-corrected chi connectivity index (χ3v) is 11.5. The van der Waals surface area contributed by atoms with Crippen LogP contribution in [0.25, 0.3) is 0 Å². The Kier molecular flexibility index (Phi) is 12.0. The first kappa shape index (κ1) is 37.8. The van der Waals surface area contributed by atoms with Crippen molar-refractivity contribution in [2.24, 2.45) is 0 Å². The second-order valence-corrected chi connectivity index (χ2v) is 17.0. The summed E-state index contributed by atoms with van der Waals surface area (Å²) in [7, 11) is 0.664. The molecule has 278 valence electrons. The second kappa shape index (κ2) is 16.8. The van der Waals surface area contributed by atoms with Crippen LogP contribution in [0.15, 0.2) is 85.1 Å². The number of halogens is 1. The summed E-state index contributed by atoms with van der Waals surface area (Å²) in [5.41, 5.74) is 2.97. The van der Waals surface area contributed by atoms with Crippen LogP contribution in [0.1, 0.15) is 23.2 Å². The van der Waals surface area contributed by atoms with E-state index in [-0.39, 0.29) is 11.7 Å². The Balaban J connectivity index is 1.01. The molecule has 0 radical (unpaired) electrons. The molecule has 3 heterocycles. The monoisotopic (exact) mass is 757 g/mol. The molecule has 2 aliphatic rings. The predicted octanol–water partition coefficient (Wildman–Crippen LogP) is 6.43. The molecule has 2 aliphatic heterocycles. The maximum Gasteiger partial charge on any atom is 0.246 e. The highest BCUT2D eigenvalue weighted by Crippen LogP contribution is 2.39. The normalized spacial score (nSPS) is 15.7. The number of aromatic nitrogens is 2. The molecule has 12 nitrogen and oxygen atoms in total. The van der Waals surface area contributed by atoms with Crippen molar-refractivity contribution in [1.29, 1.82) is 0 Å². The van der Waals surface area contributed by atoms with Crippen molar-refractivity contribution in [3.05, 3.63) is 95.7 Å². The highest BCUT2D eigenvalue weighted by atomic mass is 35.5. The van der Waals surface area contributed by atoms with E-state index in [1.807, 2.05) is 41.3 Å². The molecule has 0 spiro atoms. The maximum atomic E-state index is 12.9. The zero-order valence-electron chi connectivity index (χ0n) is 30.4. The summed E-state index contributed by atoms with van der Waals surface area (Å²) in [4.78, 5) is 41.0. The third kappa shape index (κ3) is 9.37. The summed E-state index contributed by atoms with van der Waals surface area (Å²) in [6.07, 6.45) is 6.27. The molecule has 4 aromatic rings. The number of anilines is 5.